The fourth-order valence-corrected chi connectivity index (χ4v) is 4.17. The molecule has 2 aliphatic rings. The van der Waals surface area contributed by atoms with Crippen molar-refractivity contribution in [2.45, 2.75) is 44.8 Å². The first kappa shape index (κ1) is 14.4. The largest absolute Gasteiger partial charge is 0.289 e. The number of aromatic nitrogens is 2. The van der Waals surface area contributed by atoms with Crippen LogP contribution in [-0.2, 0) is 13.0 Å². The predicted octanol–water partition coefficient (Wildman–Crippen LogP) is 4.35. The van der Waals surface area contributed by atoms with Crippen molar-refractivity contribution in [3.05, 3.63) is 57.1 Å². The van der Waals surface area contributed by atoms with Crippen molar-refractivity contribution in [1.29, 1.82) is 0 Å². The summed E-state index contributed by atoms with van der Waals surface area (Å²) in [5.74, 6) is 0.865. The van der Waals surface area contributed by atoms with Gasteiger partial charge in [-0.1, -0.05) is 35.3 Å². The van der Waals surface area contributed by atoms with Gasteiger partial charge in [-0.15, -0.1) is 0 Å². The molecule has 2 atom stereocenters. The molecule has 0 unspecified atom stereocenters. The number of benzene rings is 1. The number of aryl methyl sites for hydroxylation is 1. The summed E-state index contributed by atoms with van der Waals surface area (Å²) in [6, 6.07) is 6.82. The lowest BCUT2D eigenvalue weighted by Gasteiger charge is -2.35. The molecule has 0 saturated carbocycles. The number of fused-ring (bicyclic) bond motifs is 4. The molecule has 1 fully saturated rings. The highest BCUT2D eigenvalue weighted by atomic mass is 35.5. The minimum absolute atomic E-state index is 0.407. The van der Waals surface area contributed by atoms with Gasteiger partial charge in [-0.3, -0.25) is 4.90 Å². The van der Waals surface area contributed by atoms with Gasteiger partial charge in [0.2, 0.25) is 0 Å². The quantitative estimate of drug-likeness (QED) is 0.817. The van der Waals surface area contributed by atoms with Gasteiger partial charge in [0.25, 0.3) is 0 Å². The van der Waals surface area contributed by atoms with Crippen molar-refractivity contribution < 1.29 is 0 Å². The van der Waals surface area contributed by atoms with E-state index in [9.17, 15) is 0 Å². The molecule has 0 amide bonds. The van der Waals surface area contributed by atoms with Crippen LogP contribution in [0.3, 0.4) is 0 Å². The smallest absolute Gasteiger partial charge is 0.125 e. The van der Waals surface area contributed by atoms with E-state index in [2.05, 4.69) is 20.9 Å². The molecule has 2 aromatic rings. The Kier molecular flexibility index (Phi) is 3.60. The maximum absolute atomic E-state index is 6.37. The first-order valence-electron chi connectivity index (χ1n) is 7.64. The van der Waals surface area contributed by atoms with Crippen LogP contribution in [0.2, 0.25) is 10.0 Å². The Morgan fingerprint density at radius 3 is 3.00 bits per heavy atom. The lowest BCUT2D eigenvalue weighted by atomic mass is 9.98. The van der Waals surface area contributed by atoms with Crippen molar-refractivity contribution in [2.24, 2.45) is 0 Å². The molecule has 114 valence electrons. The molecule has 0 N–H and O–H groups in total. The number of hydrogen-bond acceptors (Lipinski definition) is 3. The van der Waals surface area contributed by atoms with Crippen molar-refractivity contribution in [3.8, 4) is 0 Å². The number of hydrogen-bond donors (Lipinski definition) is 0. The third kappa shape index (κ3) is 2.32. The average molecular weight is 334 g/mol. The Morgan fingerprint density at radius 2 is 2.14 bits per heavy atom. The third-order valence-corrected chi connectivity index (χ3v) is 5.69. The molecular formula is C17H17Cl2N3. The Balaban J connectivity index is 1.67. The van der Waals surface area contributed by atoms with Gasteiger partial charge in [0.1, 0.15) is 5.82 Å². The molecule has 3 nitrogen and oxygen atoms in total. The van der Waals surface area contributed by atoms with Crippen molar-refractivity contribution in [3.63, 3.8) is 0 Å². The second-order valence-corrected chi connectivity index (χ2v) is 6.94. The van der Waals surface area contributed by atoms with Crippen molar-refractivity contribution in [2.75, 3.05) is 0 Å². The summed E-state index contributed by atoms with van der Waals surface area (Å²) in [7, 11) is 0. The van der Waals surface area contributed by atoms with Crippen LogP contribution in [0.4, 0.5) is 0 Å². The second kappa shape index (κ2) is 5.48. The minimum Gasteiger partial charge on any atom is -0.289 e. The fourth-order valence-electron chi connectivity index (χ4n) is 3.79. The van der Waals surface area contributed by atoms with Crippen LogP contribution >= 0.6 is 23.2 Å². The number of halogens is 2. The van der Waals surface area contributed by atoms with Crippen LogP contribution in [-0.4, -0.2) is 20.9 Å². The lowest BCUT2D eigenvalue weighted by molar-refractivity contribution is 0.166. The maximum atomic E-state index is 6.37. The van der Waals surface area contributed by atoms with Crippen LogP contribution in [0.25, 0.3) is 0 Å². The summed E-state index contributed by atoms with van der Waals surface area (Å²) in [6.45, 7) is 2.79. The molecule has 4 rings (SSSR count). The molecule has 1 aromatic carbocycles. The van der Waals surface area contributed by atoms with Crippen LogP contribution in [0, 0.1) is 6.92 Å². The molecule has 0 aliphatic carbocycles. The summed E-state index contributed by atoms with van der Waals surface area (Å²) in [6.07, 6.45) is 5.39. The molecular weight excluding hydrogens is 317 g/mol. The molecule has 5 heteroatoms. The predicted molar refractivity (Wildman–Crippen MR) is 88.2 cm³/mol. The molecule has 1 aromatic heterocycles. The monoisotopic (exact) mass is 333 g/mol. The topological polar surface area (TPSA) is 29.0 Å². The van der Waals surface area contributed by atoms with Gasteiger partial charge in [0, 0.05) is 36.8 Å². The van der Waals surface area contributed by atoms with Gasteiger partial charge in [-0.25, -0.2) is 9.97 Å². The van der Waals surface area contributed by atoms with Crippen molar-refractivity contribution >= 4 is 23.2 Å². The highest BCUT2D eigenvalue weighted by Crippen LogP contribution is 2.44. The molecule has 0 spiro atoms. The van der Waals surface area contributed by atoms with E-state index in [-0.39, 0.29) is 0 Å². The van der Waals surface area contributed by atoms with Gasteiger partial charge >= 0.3 is 0 Å². The van der Waals surface area contributed by atoms with E-state index in [1.165, 1.54) is 24.1 Å². The summed E-state index contributed by atoms with van der Waals surface area (Å²) >= 11 is 12.5. The highest BCUT2D eigenvalue weighted by Gasteiger charge is 2.40. The zero-order chi connectivity index (χ0) is 15.3. The molecule has 1 saturated heterocycles. The van der Waals surface area contributed by atoms with Crippen LogP contribution in [0.1, 0.15) is 41.5 Å². The Hall–Kier alpha value is -1.16. The third-order valence-electron chi connectivity index (χ3n) is 4.84. The van der Waals surface area contributed by atoms with Gasteiger partial charge in [-0.2, -0.15) is 0 Å². The van der Waals surface area contributed by atoms with Gasteiger partial charge in [0.05, 0.1) is 15.7 Å². The summed E-state index contributed by atoms with van der Waals surface area (Å²) in [5.41, 5.74) is 3.62. The van der Waals surface area contributed by atoms with E-state index >= 15 is 0 Å². The van der Waals surface area contributed by atoms with Gasteiger partial charge in [0.15, 0.2) is 0 Å². The average Bonchev–Trinajstić information content (AvgIpc) is 2.77. The molecule has 2 aliphatic heterocycles. The lowest BCUT2D eigenvalue weighted by Crippen LogP contribution is -2.37. The normalized spacial score (nSPS) is 23.6. The summed E-state index contributed by atoms with van der Waals surface area (Å²) < 4.78 is 0. The zero-order valence-electron chi connectivity index (χ0n) is 12.4. The van der Waals surface area contributed by atoms with Crippen LogP contribution < -0.4 is 0 Å². The van der Waals surface area contributed by atoms with E-state index in [1.807, 2.05) is 25.3 Å². The first-order valence-corrected chi connectivity index (χ1v) is 8.40. The first-order chi connectivity index (χ1) is 10.6. The van der Waals surface area contributed by atoms with Crippen molar-refractivity contribution in [1.82, 2.24) is 14.9 Å². The van der Waals surface area contributed by atoms with E-state index in [0.29, 0.717) is 22.1 Å². The van der Waals surface area contributed by atoms with Crippen LogP contribution in [0.15, 0.2) is 24.4 Å². The fraction of sp³-hybridized carbons (Fsp3) is 0.412. The zero-order valence-corrected chi connectivity index (χ0v) is 13.9. The molecule has 2 bridgehead atoms. The minimum atomic E-state index is 0.407. The summed E-state index contributed by atoms with van der Waals surface area (Å²) in [4.78, 5) is 11.6. The Bertz CT molecular complexity index is 732. The SMILES string of the molecule is Cc1ncc2c(n1)C[C@@H]1CC[C@H]2N1Cc1cccc(Cl)c1Cl. The van der Waals surface area contributed by atoms with Gasteiger partial charge < -0.3 is 0 Å². The number of rotatable bonds is 2. The van der Waals surface area contributed by atoms with E-state index in [1.54, 1.807) is 0 Å². The highest BCUT2D eigenvalue weighted by molar-refractivity contribution is 6.42. The maximum Gasteiger partial charge on any atom is 0.125 e. The van der Waals surface area contributed by atoms with E-state index < -0.39 is 0 Å². The second-order valence-electron chi connectivity index (χ2n) is 6.16. The standard InChI is InChI=1S/C17H17Cl2N3/c1-10-20-8-13-15(21-10)7-12-5-6-16(13)22(12)9-11-3-2-4-14(18)17(11)19/h2-4,8,12,16H,5-7,9H2,1H3/t12-,16+/m0/s1. The summed E-state index contributed by atoms with van der Waals surface area (Å²) in [5, 5.41) is 1.30. The van der Waals surface area contributed by atoms with Crippen LogP contribution in [0.5, 0.6) is 0 Å². The Labute approximate surface area is 140 Å². The van der Waals surface area contributed by atoms with Gasteiger partial charge in [-0.05, 0) is 31.4 Å². The molecule has 22 heavy (non-hydrogen) atoms. The van der Waals surface area contributed by atoms with E-state index in [4.69, 9.17) is 23.2 Å². The number of nitrogens with zero attached hydrogens (tertiary/aromatic N) is 3. The molecule has 0 radical (unpaired) electrons. The Morgan fingerprint density at radius 1 is 1.27 bits per heavy atom. The molecule has 3 heterocycles. The van der Waals surface area contributed by atoms with E-state index in [0.717, 1.165) is 24.4 Å².